The summed E-state index contributed by atoms with van der Waals surface area (Å²) in [7, 11) is -3.52. The first-order chi connectivity index (χ1) is 16.0. The van der Waals surface area contributed by atoms with Crippen molar-refractivity contribution in [2.75, 3.05) is 42.8 Å². The Labute approximate surface area is 201 Å². The number of nitrogens with one attached hydrogen (secondary N) is 1. The predicted octanol–water partition coefficient (Wildman–Crippen LogP) is 2.70. The van der Waals surface area contributed by atoms with Crippen LogP contribution >= 0.6 is 0 Å². The second kappa shape index (κ2) is 8.84. The van der Waals surface area contributed by atoms with E-state index in [4.69, 9.17) is 24.4 Å². The van der Waals surface area contributed by atoms with Gasteiger partial charge in [0.2, 0.25) is 11.9 Å². The fraction of sp³-hybridized carbons (Fsp3) is 0.609. The molecule has 0 spiro atoms. The standard InChI is InChI=1S/C23H34N6O4S/c1-8-9-17-15(4)29(21(25-17)24-14(2)3)22-26-19(23(5,6)34(7,30)31)18-20(27-22)28-10-11-32-12-16(28)13-33-18/h8-9,14,16H,10-13H2,1-7H3,(H,24,25)/b9-8-/t16-/m0/s1. The Morgan fingerprint density at radius 3 is 2.59 bits per heavy atom. The summed E-state index contributed by atoms with van der Waals surface area (Å²) in [5.74, 6) is 1.96. The second-order valence-corrected chi connectivity index (χ2v) is 12.1. The van der Waals surface area contributed by atoms with Crippen molar-refractivity contribution in [3.8, 4) is 11.7 Å². The molecule has 4 rings (SSSR count). The molecule has 2 aromatic rings. The molecule has 4 heterocycles. The lowest BCUT2D eigenvalue weighted by atomic mass is 10.1. The van der Waals surface area contributed by atoms with E-state index in [0.717, 1.165) is 11.4 Å². The average Bonchev–Trinajstić information content (AvgIpc) is 3.06. The van der Waals surface area contributed by atoms with Gasteiger partial charge in [0.05, 0.1) is 30.6 Å². The van der Waals surface area contributed by atoms with Crippen LogP contribution in [0, 0.1) is 6.92 Å². The predicted molar refractivity (Wildman–Crippen MR) is 133 cm³/mol. The Bertz CT molecular complexity index is 1220. The number of imidazole rings is 1. The third kappa shape index (κ3) is 4.15. The Balaban J connectivity index is 2.01. The van der Waals surface area contributed by atoms with Gasteiger partial charge in [0.25, 0.3) is 0 Å². The highest BCUT2D eigenvalue weighted by Gasteiger charge is 2.43. The van der Waals surface area contributed by atoms with Crippen LogP contribution in [0.25, 0.3) is 12.0 Å². The fourth-order valence-corrected chi connectivity index (χ4v) is 4.61. The highest BCUT2D eigenvalue weighted by atomic mass is 32.2. The van der Waals surface area contributed by atoms with Crippen molar-refractivity contribution in [1.29, 1.82) is 0 Å². The lowest BCUT2D eigenvalue weighted by Crippen LogP contribution is -2.52. The number of sulfone groups is 1. The number of nitrogens with zero attached hydrogens (tertiary/aromatic N) is 5. The molecule has 0 radical (unpaired) electrons. The molecule has 10 nitrogen and oxygen atoms in total. The minimum atomic E-state index is -3.52. The van der Waals surface area contributed by atoms with E-state index >= 15 is 0 Å². The lowest BCUT2D eigenvalue weighted by molar-refractivity contribution is 0.0691. The molecule has 2 aliphatic rings. The molecule has 1 N–H and O–H groups in total. The summed E-state index contributed by atoms with van der Waals surface area (Å²) in [6.45, 7) is 13.4. The Morgan fingerprint density at radius 1 is 1.21 bits per heavy atom. The Morgan fingerprint density at radius 2 is 1.94 bits per heavy atom. The van der Waals surface area contributed by atoms with Crippen LogP contribution in [0.1, 0.15) is 51.7 Å². The quantitative estimate of drug-likeness (QED) is 0.653. The first-order valence-electron chi connectivity index (χ1n) is 11.5. The third-order valence-electron chi connectivity index (χ3n) is 6.34. The van der Waals surface area contributed by atoms with Crippen LogP contribution < -0.4 is 15.0 Å². The van der Waals surface area contributed by atoms with Crippen molar-refractivity contribution < 1.29 is 17.9 Å². The summed E-state index contributed by atoms with van der Waals surface area (Å²) in [5.41, 5.74) is 1.98. The maximum Gasteiger partial charge on any atom is 0.239 e. The molecule has 1 atom stereocenters. The normalized spacial score (nSPS) is 18.7. The minimum Gasteiger partial charge on any atom is -0.486 e. The number of hydrogen-bond donors (Lipinski definition) is 1. The van der Waals surface area contributed by atoms with Crippen molar-refractivity contribution in [2.45, 2.75) is 58.4 Å². The van der Waals surface area contributed by atoms with Crippen LogP contribution in [0.3, 0.4) is 0 Å². The molecule has 0 aromatic carbocycles. The van der Waals surface area contributed by atoms with Gasteiger partial charge in [-0.05, 0) is 47.6 Å². The van der Waals surface area contributed by atoms with E-state index in [0.29, 0.717) is 55.5 Å². The van der Waals surface area contributed by atoms with E-state index in [1.807, 2.05) is 44.4 Å². The van der Waals surface area contributed by atoms with Gasteiger partial charge in [-0.15, -0.1) is 0 Å². The van der Waals surface area contributed by atoms with Gasteiger partial charge >= 0.3 is 0 Å². The third-order valence-corrected chi connectivity index (χ3v) is 8.39. The first kappa shape index (κ1) is 24.5. The van der Waals surface area contributed by atoms with Gasteiger partial charge in [-0.25, -0.2) is 18.4 Å². The molecular weight excluding hydrogens is 456 g/mol. The highest BCUT2D eigenvalue weighted by Crippen LogP contribution is 2.43. The van der Waals surface area contributed by atoms with Crippen molar-refractivity contribution >= 4 is 27.7 Å². The van der Waals surface area contributed by atoms with Crippen molar-refractivity contribution in [3.63, 3.8) is 0 Å². The zero-order chi connectivity index (χ0) is 24.8. The summed E-state index contributed by atoms with van der Waals surface area (Å²) in [6, 6.07) is 0.129. The molecule has 11 heteroatoms. The Kier molecular flexibility index (Phi) is 6.36. The van der Waals surface area contributed by atoms with Gasteiger partial charge in [-0.2, -0.15) is 4.98 Å². The van der Waals surface area contributed by atoms with Crippen LogP contribution in [-0.4, -0.2) is 72.6 Å². The van der Waals surface area contributed by atoms with E-state index in [-0.39, 0.29) is 12.1 Å². The van der Waals surface area contributed by atoms with Gasteiger partial charge in [0.1, 0.15) is 17.0 Å². The number of allylic oxidation sites excluding steroid dienone is 1. The maximum atomic E-state index is 12.8. The summed E-state index contributed by atoms with van der Waals surface area (Å²) < 4.78 is 38.0. The number of morpholine rings is 1. The van der Waals surface area contributed by atoms with Gasteiger partial charge in [0, 0.05) is 18.8 Å². The number of ether oxygens (including phenoxy) is 2. The zero-order valence-electron chi connectivity index (χ0n) is 20.9. The van der Waals surface area contributed by atoms with Crippen LogP contribution in [0.15, 0.2) is 6.08 Å². The molecule has 34 heavy (non-hydrogen) atoms. The molecule has 0 bridgehead atoms. The zero-order valence-corrected chi connectivity index (χ0v) is 21.7. The van der Waals surface area contributed by atoms with Crippen molar-refractivity contribution in [2.24, 2.45) is 0 Å². The fourth-order valence-electron chi connectivity index (χ4n) is 4.12. The van der Waals surface area contributed by atoms with Crippen LogP contribution in [0.2, 0.25) is 0 Å². The minimum absolute atomic E-state index is 0.00826. The van der Waals surface area contributed by atoms with Gasteiger partial charge in [0.15, 0.2) is 21.4 Å². The van der Waals surface area contributed by atoms with Gasteiger partial charge in [-0.3, -0.25) is 4.57 Å². The molecule has 0 unspecified atom stereocenters. The molecule has 0 amide bonds. The summed E-state index contributed by atoms with van der Waals surface area (Å²) >= 11 is 0. The first-order valence-corrected chi connectivity index (χ1v) is 13.4. The molecule has 1 saturated heterocycles. The molecule has 2 aliphatic heterocycles. The summed E-state index contributed by atoms with van der Waals surface area (Å²) in [4.78, 5) is 16.6. The van der Waals surface area contributed by atoms with Crippen LogP contribution in [-0.2, 0) is 19.3 Å². The van der Waals surface area contributed by atoms with E-state index < -0.39 is 14.6 Å². The van der Waals surface area contributed by atoms with E-state index in [9.17, 15) is 8.42 Å². The maximum absolute atomic E-state index is 12.8. The number of hydrogen-bond acceptors (Lipinski definition) is 9. The molecule has 2 aromatic heterocycles. The van der Waals surface area contributed by atoms with Gasteiger partial charge in [-0.1, -0.05) is 6.08 Å². The molecule has 0 aliphatic carbocycles. The van der Waals surface area contributed by atoms with E-state index in [1.165, 1.54) is 6.26 Å². The largest absolute Gasteiger partial charge is 0.486 e. The average molecular weight is 491 g/mol. The van der Waals surface area contributed by atoms with Crippen molar-refractivity contribution in [3.05, 3.63) is 23.2 Å². The number of aromatic nitrogens is 4. The number of anilines is 2. The van der Waals surface area contributed by atoms with E-state index in [2.05, 4.69) is 10.2 Å². The van der Waals surface area contributed by atoms with Gasteiger partial charge < -0.3 is 19.7 Å². The van der Waals surface area contributed by atoms with E-state index in [1.54, 1.807) is 13.8 Å². The number of rotatable bonds is 6. The van der Waals surface area contributed by atoms with Crippen molar-refractivity contribution in [1.82, 2.24) is 19.5 Å². The number of fused-ring (bicyclic) bond motifs is 3. The highest BCUT2D eigenvalue weighted by molar-refractivity contribution is 7.91. The monoisotopic (exact) mass is 490 g/mol. The molecule has 1 fully saturated rings. The SMILES string of the molecule is C/C=C\c1nc(NC(C)C)n(-c2nc3c(c(C(C)(C)S(C)(=O)=O)n2)OC[C@@H]2COCCN32)c1C. The molecule has 0 saturated carbocycles. The summed E-state index contributed by atoms with van der Waals surface area (Å²) in [6.07, 6.45) is 5.08. The van der Waals surface area contributed by atoms with Crippen LogP contribution in [0.5, 0.6) is 5.75 Å². The molecule has 186 valence electrons. The second-order valence-electron chi connectivity index (χ2n) is 9.58. The molecular formula is C23H34N6O4S. The summed E-state index contributed by atoms with van der Waals surface area (Å²) in [5, 5.41) is 3.37. The smallest absolute Gasteiger partial charge is 0.239 e. The topological polar surface area (TPSA) is 111 Å². The lowest BCUT2D eigenvalue weighted by Gasteiger charge is -2.41. The Hall–Kier alpha value is -2.66. The van der Waals surface area contributed by atoms with Crippen LogP contribution in [0.4, 0.5) is 11.8 Å².